The van der Waals surface area contributed by atoms with Crippen LogP contribution in [0, 0.1) is 23.7 Å². The van der Waals surface area contributed by atoms with E-state index in [0.29, 0.717) is 24.6 Å². The van der Waals surface area contributed by atoms with Crippen LogP contribution in [-0.4, -0.2) is 105 Å². The summed E-state index contributed by atoms with van der Waals surface area (Å²) >= 11 is 0.395. The van der Waals surface area contributed by atoms with E-state index < -0.39 is 101 Å². The number of alkyl halides is 3. The lowest BCUT2D eigenvalue weighted by molar-refractivity contribution is -0.144. The zero-order chi connectivity index (χ0) is 35.3. The lowest BCUT2D eigenvalue weighted by Crippen LogP contribution is -2.60. The number of likely N-dealkylation sites (tertiary alicyclic amines) is 1. The first-order valence-electron chi connectivity index (χ1n) is 16.1. The Morgan fingerprint density at radius 3 is 2.19 bits per heavy atom. The second kappa shape index (κ2) is 16.1. The van der Waals surface area contributed by atoms with Gasteiger partial charge in [0.25, 0.3) is 17.6 Å². The van der Waals surface area contributed by atoms with E-state index in [4.69, 9.17) is 0 Å². The molecule has 7 atom stereocenters. The SMILES string of the molecule is CC(C)[C@H](NC(=O)[C@H](NC(=O)c1cnccn1)C(C)C)C(=O)N1C[C@H]2[C@H](CC[C@@H]2F)[C@H]1C(=O)NC(SCC(F)F)C(=O)C(=O)NC1CC1. The van der Waals surface area contributed by atoms with Crippen molar-refractivity contribution in [3.8, 4) is 0 Å². The van der Waals surface area contributed by atoms with E-state index in [2.05, 4.69) is 31.2 Å². The number of rotatable bonds is 15. The number of ketones is 1. The van der Waals surface area contributed by atoms with Gasteiger partial charge in [-0.15, -0.1) is 11.8 Å². The van der Waals surface area contributed by atoms with Crippen LogP contribution < -0.4 is 21.3 Å². The standard InChI is InChI=1S/C31H42F3N7O6S/c1-14(2)22(38-26(43)20-11-35-9-10-36-20)27(44)39-23(15(3)4)31(47)41-12-18-17(7-8-19(18)32)24(41)28(45)40-30(48-13-21(33)34)25(42)29(46)37-16-5-6-16/h9-11,14-19,21-24,30H,5-8,12-13H2,1-4H3,(H,37,46)(H,38,43)(H,39,44)(H,40,45)/t17-,18-,19-,22+,23-,24-,30?/m0/s1. The molecule has 1 aromatic heterocycles. The van der Waals surface area contributed by atoms with Gasteiger partial charge in [0.15, 0.2) is 0 Å². The first-order valence-corrected chi connectivity index (χ1v) is 17.1. The summed E-state index contributed by atoms with van der Waals surface area (Å²) < 4.78 is 41.3. The highest BCUT2D eigenvalue weighted by Crippen LogP contribution is 2.44. The molecule has 3 aliphatic rings. The van der Waals surface area contributed by atoms with Gasteiger partial charge < -0.3 is 26.2 Å². The monoisotopic (exact) mass is 697 g/mol. The summed E-state index contributed by atoms with van der Waals surface area (Å²) in [6.07, 6.45) is 1.55. The average Bonchev–Trinajstić information content (AvgIpc) is 3.67. The Labute approximate surface area is 280 Å². The fraction of sp³-hybridized carbons (Fsp3) is 0.677. The summed E-state index contributed by atoms with van der Waals surface area (Å²) in [7, 11) is 0. The maximum absolute atomic E-state index is 15.0. The van der Waals surface area contributed by atoms with Gasteiger partial charge in [-0.25, -0.2) is 18.2 Å². The molecule has 3 fully saturated rings. The van der Waals surface area contributed by atoms with E-state index in [1.807, 2.05) is 0 Å². The summed E-state index contributed by atoms with van der Waals surface area (Å²) in [6.45, 7) is 6.59. The van der Waals surface area contributed by atoms with Gasteiger partial charge in [-0.1, -0.05) is 27.7 Å². The molecule has 5 amide bonds. The minimum Gasteiger partial charge on any atom is -0.347 e. The third-order valence-corrected chi connectivity index (χ3v) is 9.90. The van der Waals surface area contributed by atoms with Crippen LogP contribution in [0.4, 0.5) is 13.2 Å². The van der Waals surface area contributed by atoms with Crippen molar-refractivity contribution in [3.05, 3.63) is 24.3 Å². The van der Waals surface area contributed by atoms with Gasteiger partial charge in [0.05, 0.1) is 11.9 Å². The Kier molecular flexibility index (Phi) is 12.4. The molecular weight excluding hydrogens is 655 g/mol. The second-order valence-corrected chi connectivity index (χ2v) is 14.2. The predicted octanol–water partition coefficient (Wildman–Crippen LogP) is 1.24. The maximum Gasteiger partial charge on any atom is 0.290 e. The Hall–Kier alpha value is -3.76. The summed E-state index contributed by atoms with van der Waals surface area (Å²) in [5, 5.41) is 8.54. The molecule has 0 aromatic carbocycles. The van der Waals surface area contributed by atoms with Crippen LogP contribution in [0.1, 0.15) is 63.9 Å². The van der Waals surface area contributed by atoms with Crippen LogP contribution in [0.25, 0.3) is 0 Å². The normalized spacial score (nSPS) is 23.8. The first-order chi connectivity index (χ1) is 22.7. The van der Waals surface area contributed by atoms with Crippen LogP contribution in [-0.2, 0) is 24.0 Å². The molecule has 17 heteroatoms. The number of nitrogens with zero attached hydrogens (tertiary/aromatic N) is 3. The van der Waals surface area contributed by atoms with Crippen LogP contribution in [0.2, 0.25) is 0 Å². The third kappa shape index (κ3) is 9.02. The van der Waals surface area contributed by atoms with Crippen molar-refractivity contribution < 1.29 is 41.9 Å². The molecule has 0 spiro atoms. The highest BCUT2D eigenvalue weighted by Gasteiger charge is 2.55. The number of aromatic nitrogens is 2. The lowest BCUT2D eigenvalue weighted by atomic mass is 9.92. The minimum atomic E-state index is -2.83. The quantitative estimate of drug-likeness (QED) is 0.155. The smallest absolute Gasteiger partial charge is 0.290 e. The Bertz CT molecular complexity index is 1370. The number of hydrogen-bond acceptors (Lipinski definition) is 9. The highest BCUT2D eigenvalue weighted by atomic mass is 32.2. The van der Waals surface area contributed by atoms with Crippen LogP contribution >= 0.6 is 11.8 Å². The van der Waals surface area contributed by atoms with E-state index in [1.54, 1.807) is 27.7 Å². The predicted molar refractivity (Wildman–Crippen MR) is 168 cm³/mol. The molecule has 0 radical (unpaired) electrons. The molecule has 2 aliphatic carbocycles. The number of thioether (sulfide) groups is 1. The van der Waals surface area contributed by atoms with Gasteiger partial charge in [0.2, 0.25) is 24.1 Å². The molecule has 1 aliphatic heterocycles. The number of carbonyl (C=O) groups is 6. The van der Waals surface area contributed by atoms with Crippen molar-refractivity contribution in [2.24, 2.45) is 23.7 Å². The molecule has 13 nitrogen and oxygen atoms in total. The summed E-state index contributed by atoms with van der Waals surface area (Å²) in [4.78, 5) is 88.7. The molecule has 2 heterocycles. The van der Waals surface area contributed by atoms with Crippen molar-refractivity contribution in [1.82, 2.24) is 36.1 Å². The summed E-state index contributed by atoms with van der Waals surface area (Å²) in [5.41, 5.74) is -0.0146. The summed E-state index contributed by atoms with van der Waals surface area (Å²) in [6, 6.07) is -3.76. The van der Waals surface area contributed by atoms with Gasteiger partial charge >= 0.3 is 0 Å². The summed E-state index contributed by atoms with van der Waals surface area (Å²) in [5.74, 6) is -8.13. The fourth-order valence-corrected chi connectivity index (χ4v) is 6.89. The van der Waals surface area contributed by atoms with Gasteiger partial charge in [0.1, 0.15) is 35.4 Å². The largest absolute Gasteiger partial charge is 0.347 e. The van der Waals surface area contributed by atoms with E-state index in [1.165, 1.54) is 23.5 Å². The molecule has 0 bridgehead atoms. The van der Waals surface area contributed by atoms with Crippen LogP contribution in [0.5, 0.6) is 0 Å². The van der Waals surface area contributed by atoms with Gasteiger partial charge in [0, 0.05) is 30.9 Å². The van der Waals surface area contributed by atoms with Crippen molar-refractivity contribution in [2.45, 2.75) is 95.5 Å². The number of carbonyl (C=O) groups excluding carboxylic acids is 6. The van der Waals surface area contributed by atoms with Gasteiger partial charge in [-0.2, -0.15) is 0 Å². The van der Waals surface area contributed by atoms with Gasteiger partial charge in [-0.3, -0.25) is 33.8 Å². The Morgan fingerprint density at radius 1 is 0.917 bits per heavy atom. The van der Waals surface area contributed by atoms with Crippen molar-refractivity contribution in [1.29, 1.82) is 0 Å². The maximum atomic E-state index is 15.0. The molecule has 4 N–H and O–H groups in total. The number of amides is 5. The zero-order valence-corrected chi connectivity index (χ0v) is 28.0. The topological polar surface area (TPSA) is 180 Å². The Balaban J connectivity index is 1.54. The van der Waals surface area contributed by atoms with Crippen LogP contribution in [0.15, 0.2) is 18.6 Å². The first kappa shape index (κ1) is 37.1. The van der Waals surface area contributed by atoms with Crippen molar-refractivity contribution in [3.63, 3.8) is 0 Å². The fourth-order valence-electron chi connectivity index (χ4n) is 6.10. The molecule has 1 aromatic rings. The van der Waals surface area contributed by atoms with Crippen molar-refractivity contribution >= 4 is 47.1 Å². The van der Waals surface area contributed by atoms with Gasteiger partial charge in [-0.05, 0) is 43.4 Å². The molecule has 1 unspecified atom stereocenters. The van der Waals surface area contributed by atoms with E-state index in [9.17, 15) is 37.5 Å². The molecule has 264 valence electrons. The second-order valence-electron chi connectivity index (χ2n) is 13.1. The average molecular weight is 698 g/mol. The molecule has 2 saturated carbocycles. The molecule has 48 heavy (non-hydrogen) atoms. The number of fused-ring (bicyclic) bond motifs is 1. The molecule has 4 rings (SSSR count). The van der Waals surface area contributed by atoms with Crippen molar-refractivity contribution in [2.75, 3.05) is 12.3 Å². The van der Waals surface area contributed by atoms with Crippen LogP contribution in [0.3, 0.4) is 0 Å². The molecular formula is C31H42F3N7O6S. The number of halogens is 3. The van der Waals surface area contributed by atoms with E-state index in [0.717, 1.165) is 0 Å². The minimum absolute atomic E-state index is 0.0146. The zero-order valence-electron chi connectivity index (χ0n) is 27.2. The Morgan fingerprint density at radius 2 is 1.60 bits per heavy atom. The van der Waals surface area contributed by atoms with E-state index >= 15 is 4.39 Å². The number of nitrogens with one attached hydrogen (secondary N) is 4. The molecule has 1 saturated heterocycles. The number of Topliss-reactive ketones (excluding diaryl/α,β-unsaturated/α-hetero) is 1. The lowest BCUT2D eigenvalue weighted by Gasteiger charge is -2.33. The van der Waals surface area contributed by atoms with E-state index in [-0.39, 0.29) is 31.1 Å². The third-order valence-electron chi connectivity index (χ3n) is 8.79. The number of hydrogen-bond donors (Lipinski definition) is 4. The highest BCUT2D eigenvalue weighted by molar-refractivity contribution is 8.00.